The van der Waals surface area contributed by atoms with E-state index in [0.29, 0.717) is 0 Å². The summed E-state index contributed by atoms with van der Waals surface area (Å²) in [7, 11) is 0. The summed E-state index contributed by atoms with van der Waals surface area (Å²) in [6.45, 7) is 2.84. The van der Waals surface area contributed by atoms with Gasteiger partial charge in [0.05, 0.1) is 0 Å². The summed E-state index contributed by atoms with van der Waals surface area (Å²) >= 11 is 0. The molecule has 0 aromatic heterocycles. The van der Waals surface area contributed by atoms with Crippen LogP contribution in [0.4, 0.5) is 26.3 Å². The molecule has 3 atom stereocenters. The Kier molecular flexibility index (Phi) is 2.99. The Bertz CT molecular complexity index is 268. The van der Waals surface area contributed by atoms with Gasteiger partial charge in [-0.05, 0) is 18.3 Å². The van der Waals surface area contributed by atoms with E-state index in [1.807, 2.05) is 0 Å². The smallest absolute Gasteiger partial charge is 0.383 e. The third-order valence-corrected chi connectivity index (χ3v) is 3.19. The molecular formula is C9H12F6O. The van der Waals surface area contributed by atoms with Crippen molar-refractivity contribution in [2.24, 2.45) is 17.3 Å². The van der Waals surface area contributed by atoms with Crippen molar-refractivity contribution in [3.63, 3.8) is 0 Å². The monoisotopic (exact) mass is 250 g/mol. The van der Waals surface area contributed by atoms with Crippen molar-refractivity contribution in [1.29, 1.82) is 0 Å². The van der Waals surface area contributed by atoms with Gasteiger partial charge in [0.1, 0.15) is 5.41 Å². The Morgan fingerprint density at radius 2 is 1.56 bits per heavy atom. The minimum absolute atomic E-state index is 0.543. The lowest BCUT2D eigenvalue weighted by molar-refractivity contribution is -0.291. The molecule has 0 aliphatic heterocycles. The highest BCUT2D eigenvalue weighted by molar-refractivity contribution is 5.13. The molecule has 3 unspecified atom stereocenters. The van der Waals surface area contributed by atoms with E-state index in [1.54, 1.807) is 0 Å². The molecule has 0 heterocycles. The maximum atomic E-state index is 12.6. The summed E-state index contributed by atoms with van der Waals surface area (Å²) in [5, 5.41) is 8.89. The standard InChI is InChI=1S/C9H12F6O/c1-4(2)5-3-7(5,9(13,14)15)6(16)8(10,11)12/h4-6,16H,3H2,1-2H3. The third kappa shape index (κ3) is 1.89. The van der Waals surface area contributed by atoms with Gasteiger partial charge in [-0.25, -0.2) is 0 Å². The minimum Gasteiger partial charge on any atom is -0.383 e. The van der Waals surface area contributed by atoms with Crippen LogP contribution in [0.15, 0.2) is 0 Å². The molecule has 1 saturated carbocycles. The van der Waals surface area contributed by atoms with Gasteiger partial charge >= 0.3 is 12.4 Å². The highest BCUT2D eigenvalue weighted by atomic mass is 19.4. The van der Waals surface area contributed by atoms with Crippen LogP contribution in [0.5, 0.6) is 0 Å². The zero-order chi connectivity index (χ0) is 12.9. The third-order valence-electron chi connectivity index (χ3n) is 3.19. The SMILES string of the molecule is CC(C)C1CC1(C(O)C(F)(F)F)C(F)(F)F. The maximum Gasteiger partial charge on any atom is 0.415 e. The number of halogens is 6. The predicted molar refractivity (Wildman–Crippen MR) is 43.5 cm³/mol. The highest BCUT2D eigenvalue weighted by Gasteiger charge is 2.78. The van der Waals surface area contributed by atoms with Crippen LogP contribution in [-0.2, 0) is 0 Å². The van der Waals surface area contributed by atoms with Crippen molar-refractivity contribution >= 4 is 0 Å². The molecule has 1 rings (SSSR count). The van der Waals surface area contributed by atoms with E-state index in [1.165, 1.54) is 13.8 Å². The molecule has 1 aliphatic rings. The van der Waals surface area contributed by atoms with Gasteiger partial charge in [-0.15, -0.1) is 0 Å². The van der Waals surface area contributed by atoms with Crippen molar-refractivity contribution in [2.75, 3.05) is 0 Å². The molecule has 0 aromatic carbocycles. The van der Waals surface area contributed by atoms with Gasteiger partial charge in [-0.2, -0.15) is 26.3 Å². The van der Waals surface area contributed by atoms with E-state index in [4.69, 9.17) is 5.11 Å². The second-order valence-corrected chi connectivity index (χ2v) is 4.54. The van der Waals surface area contributed by atoms with Gasteiger partial charge in [-0.1, -0.05) is 13.8 Å². The van der Waals surface area contributed by atoms with E-state index < -0.39 is 42.1 Å². The molecule has 0 radical (unpaired) electrons. The van der Waals surface area contributed by atoms with Crippen molar-refractivity contribution < 1.29 is 31.4 Å². The zero-order valence-electron chi connectivity index (χ0n) is 8.65. The number of hydrogen-bond donors (Lipinski definition) is 1. The molecule has 16 heavy (non-hydrogen) atoms. The molecule has 1 nitrogen and oxygen atoms in total. The summed E-state index contributed by atoms with van der Waals surface area (Å²) < 4.78 is 74.5. The molecular weight excluding hydrogens is 238 g/mol. The molecule has 0 aromatic rings. The highest BCUT2D eigenvalue weighted by Crippen LogP contribution is 2.68. The van der Waals surface area contributed by atoms with Crippen LogP contribution in [0, 0.1) is 17.3 Å². The molecule has 0 amide bonds. The number of aliphatic hydroxyl groups excluding tert-OH is 1. The Morgan fingerprint density at radius 1 is 1.12 bits per heavy atom. The first-order chi connectivity index (χ1) is 6.94. The predicted octanol–water partition coefficient (Wildman–Crippen LogP) is 3.13. The summed E-state index contributed by atoms with van der Waals surface area (Å²) in [5.41, 5.74) is -3.00. The summed E-state index contributed by atoms with van der Waals surface area (Å²) in [5.74, 6) is -1.71. The summed E-state index contributed by atoms with van der Waals surface area (Å²) in [6, 6.07) is 0. The lowest BCUT2D eigenvalue weighted by Crippen LogP contribution is -2.47. The molecule has 1 aliphatic carbocycles. The number of hydrogen-bond acceptors (Lipinski definition) is 1. The molecule has 1 fully saturated rings. The fourth-order valence-corrected chi connectivity index (χ4v) is 2.22. The van der Waals surface area contributed by atoms with Crippen LogP contribution >= 0.6 is 0 Å². The Morgan fingerprint density at radius 3 is 1.75 bits per heavy atom. The zero-order valence-corrected chi connectivity index (χ0v) is 8.65. The second-order valence-electron chi connectivity index (χ2n) is 4.54. The van der Waals surface area contributed by atoms with Gasteiger partial charge in [0.2, 0.25) is 0 Å². The van der Waals surface area contributed by atoms with Gasteiger partial charge in [0.25, 0.3) is 0 Å². The topological polar surface area (TPSA) is 20.2 Å². The average molecular weight is 250 g/mol. The van der Waals surface area contributed by atoms with Crippen LogP contribution in [0.3, 0.4) is 0 Å². The van der Waals surface area contributed by atoms with Crippen molar-refractivity contribution in [3.8, 4) is 0 Å². The Hall–Kier alpha value is -0.460. The number of aliphatic hydroxyl groups is 1. The van der Waals surface area contributed by atoms with Crippen LogP contribution in [0.1, 0.15) is 20.3 Å². The minimum atomic E-state index is -5.24. The quantitative estimate of drug-likeness (QED) is 0.746. The molecule has 0 spiro atoms. The van der Waals surface area contributed by atoms with Gasteiger partial charge in [0.15, 0.2) is 6.10 Å². The molecule has 1 N–H and O–H groups in total. The number of alkyl halides is 6. The number of rotatable bonds is 2. The first-order valence-electron chi connectivity index (χ1n) is 4.76. The van der Waals surface area contributed by atoms with Crippen LogP contribution in [0.2, 0.25) is 0 Å². The van der Waals surface area contributed by atoms with Gasteiger partial charge in [0, 0.05) is 0 Å². The fourth-order valence-electron chi connectivity index (χ4n) is 2.22. The van der Waals surface area contributed by atoms with Gasteiger partial charge in [-0.3, -0.25) is 0 Å². The van der Waals surface area contributed by atoms with E-state index in [9.17, 15) is 26.3 Å². The Labute approximate surface area is 88.4 Å². The van der Waals surface area contributed by atoms with Gasteiger partial charge < -0.3 is 5.11 Å². The first-order valence-corrected chi connectivity index (χ1v) is 4.76. The fraction of sp³-hybridized carbons (Fsp3) is 1.00. The summed E-state index contributed by atoms with van der Waals surface area (Å²) in [4.78, 5) is 0. The second kappa shape index (κ2) is 3.51. The van der Waals surface area contributed by atoms with E-state index in [-0.39, 0.29) is 0 Å². The van der Waals surface area contributed by atoms with E-state index in [2.05, 4.69) is 0 Å². The average Bonchev–Trinajstić information content (AvgIpc) is 2.74. The van der Waals surface area contributed by atoms with Crippen molar-refractivity contribution in [2.45, 2.75) is 38.7 Å². The van der Waals surface area contributed by atoms with Crippen molar-refractivity contribution in [1.82, 2.24) is 0 Å². The van der Waals surface area contributed by atoms with Crippen LogP contribution < -0.4 is 0 Å². The van der Waals surface area contributed by atoms with Crippen LogP contribution in [0.25, 0.3) is 0 Å². The molecule has 7 heteroatoms. The lowest BCUT2D eigenvalue weighted by atomic mass is 9.90. The summed E-state index contributed by atoms with van der Waals surface area (Å²) in [6.07, 6.45) is -14.3. The maximum absolute atomic E-state index is 12.6. The molecule has 0 saturated heterocycles. The lowest BCUT2D eigenvalue weighted by Gasteiger charge is -2.29. The molecule has 0 bridgehead atoms. The Balaban J connectivity index is 3.03. The van der Waals surface area contributed by atoms with E-state index >= 15 is 0 Å². The molecule has 96 valence electrons. The normalized spacial score (nSPS) is 33.0. The van der Waals surface area contributed by atoms with Crippen LogP contribution in [-0.4, -0.2) is 23.6 Å². The van der Waals surface area contributed by atoms with E-state index in [0.717, 1.165) is 0 Å². The first kappa shape index (κ1) is 13.6. The van der Waals surface area contributed by atoms with Crippen molar-refractivity contribution in [3.05, 3.63) is 0 Å². The largest absolute Gasteiger partial charge is 0.415 e.